The highest BCUT2D eigenvalue weighted by atomic mass is 35.5. The minimum Gasteiger partial charge on any atom is -0.271 e. The van der Waals surface area contributed by atoms with Gasteiger partial charge in [0, 0.05) is 0 Å². The van der Waals surface area contributed by atoms with Crippen LogP contribution in [-0.4, -0.2) is 0 Å². The van der Waals surface area contributed by atoms with Gasteiger partial charge in [-0.2, -0.15) is 0 Å². The highest BCUT2D eigenvalue weighted by Crippen LogP contribution is 2.29. The molecule has 0 aliphatic carbocycles. The lowest BCUT2D eigenvalue weighted by atomic mass is 9.96. The minimum absolute atomic E-state index is 0.0958. The molecule has 2 nitrogen and oxygen atoms in total. The number of halogens is 2. The van der Waals surface area contributed by atoms with Crippen LogP contribution in [0.3, 0.4) is 0 Å². The highest BCUT2D eigenvalue weighted by molar-refractivity contribution is 6.42. The Hall–Kier alpha value is -1.06. The van der Waals surface area contributed by atoms with Crippen molar-refractivity contribution in [3.05, 3.63) is 69.2 Å². The van der Waals surface area contributed by atoms with Crippen LogP contribution in [-0.2, 0) is 6.42 Å². The largest absolute Gasteiger partial charge is 0.271 e. The van der Waals surface area contributed by atoms with Gasteiger partial charge in [-0.05, 0) is 35.2 Å². The molecule has 0 aromatic heterocycles. The van der Waals surface area contributed by atoms with Crippen molar-refractivity contribution in [1.82, 2.24) is 5.43 Å². The molecular formula is C16H18Cl2N2. The summed E-state index contributed by atoms with van der Waals surface area (Å²) in [6.07, 6.45) is 2.18. The summed E-state index contributed by atoms with van der Waals surface area (Å²) in [6, 6.07) is 13.9. The third kappa shape index (κ3) is 3.53. The van der Waals surface area contributed by atoms with Crippen molar-refractivity contribution in [2.45, 2.75) is 25.8 Å². The normalized spacial score (nSPS) is 12.4. The van der Waals surface area contributed by atoms with Crippen LogP contribution < -0.4 is 11.3 Å². The van der Waals surface area contributed by atoms with E-state index in [2.05, 4.69) is 36.6 Å². The summed E-state index contributed by atoms with van der Waals surface area (Å²) in [4.78, 5) is 0. The van der Waals surface area contributed by atoms with E-state index in [4.69, 9.17) is 29.0 Å². The molecule has 0 spiro atoms. The summed E-state index contributed by atoms with van der Waals surface area (Å²) < 4.78 is 0. The average Bonchev–Trinajstić information content (AvgIpc) is 2.44. The van der Waals surface area contributed by atoms with Gasteiger partial charge in [0.15, 0.2) is 0 Å². The van der Waals surface area contributed by atoms with Gasteiger partial charge in [-0.1, -0.05) is 66.9 Å². The second kappa shape index (κ2) is 7.09. The van der Waals surface area contributed by atoms with E-state index in [0.29, 0.717) is 10.0 Å². The third-order valence-electron chi connectivity index (χ3n) is 3.27. The molecule has 0 heterocycles. The van der Waals surface area contributed by atoms with Crippen molar-refractivity contribution in [3.63, 3.8) is 0 Å². The molecule has 2 aromatic carbocycles. The molecule has 3 N–H and O–H groups in total. The second-order valence-corrected chi connectivity index (χ2v) is 5.58. The van der Waals surface area contributed by atoms with Gasteiger partial charge in [-0.15, -0.1) is 0 Å². The third-order valence-corrected chi connectivity index (χ3v) is 4.01. The summed E-state index contributed by atoms with van der Waals surface area (Å²) in [7, 11) is 0. The van der Waals surface area contributed by atoms with Crippen molar-refractivity contribution in [1.29, 1.82) is 0 Å². The Bertz CT molecular complexity index is 584. The molecule has 0 saturated carbocycles. The summed E-state index contributed by atoms with van der Waals surface area (Å²) in [5, 5.41) is 1.08. The number of hydrazine groups is 1. The maximum atomic E-state index is 6.08. The van der Waals surface area contributed by atoms with E-state index < -0.39 is 0 Å². The number of nitrogens with two attached hydrogens (primary N) is 1. The topological polar surface area (TPSA) is 38.0 Å². The van der Waals surface area contributed by atoms with Gasteiger partial charge in [0.2, 0.25) is 0 Å². The molecule has 0 fully saturated rings. The van der Waals surface area contributed by atoms with Crippen LogP contribution in [0.2, 0.25) is 10.0 Å². The van der Waals surface area contributed by atoms with E-state index in [1.165, 1.54) is 5.56 Å². The fraction of sp³-hybridized carbons (Fsp3) is 0.250. The van der Waals surface area contributed by atoms with Gasteiger partial charge < -0.3 is 0 Å². The van der Waals surface area contributed by atoms with Crippen molar-refractivity contribution in [2.75, 3.05) is 0 Å². The number of benzene rings is 2. The minimum atomic E-state index is -0.0958. The number of hydrogen-bond acceptors (Lipinski definition) is 2. The predicted octanol–water partition coefficient (Wildman–Crippen LogP) is 4.50. The fourth-order valence-electron chi connectivity index (χ4n) is 2.29. The van der Waals surface area contributed by atoms with Gasteiger partial charge in [-0.3, -0.25) is 5.84 Å². The smallest absolute Gasteiger partial charge is 0.0710 e. The lowest BCUT2D eigenvalue weighted by molar-refractivity contribution is 0.636. The van der Waals surface area contributed by atoms with E-state index in [9.17, 15) is 0 Å². The quantitative estimate of drug-likeness (QED) is 0.630. The molecule has 0 radical (unpaired) electrons. The van der Waals surface area contributed by atoms with Crippen LogP contribution in [0.5, 0.6) is 0 Å². The first kappa shape index (κ1) is 15.3. The van der Waals surface area contributed by atoms with Crippen LogP contribution in [0.15, 0.2) is 42.5 Å². The standard InChI is InChI=1S/C16H18Cl2N2/c1-2-4-11-5-3-6-12(9-11)16(20-19)13-7-8-14(17)15(18)10-13/h3,5-10,16,20H,2,4,19H2,1H3. The molecule has 0 amide bonds. The number of rotatable bonds is 5. The Kier molecular flexibility index (Phi) is 5.44. The van der Waals surface area contributed by atoms with E-state index >= 15 is 0 Å². The molecule has 0 bridgehead atoms. The number of hydrogen-bond donors (Lipinski definition) is 2. The van der Waals surface area contributed by atoms with Crippen molar-refractivity contribution >= 4 is 23.2 Å². The molecule has 4 heteroatoms. The van der Waals surface area contributed by atoms with Gasteiger partial charge in [0.05, 0.1) is 16.1 Å². The molecule has 0 saturated heterocycles. The van der Waals surface area contributed by atoms with Gasteiger partial charge in [0.25, 0.3) is 0 Å². The fourth-order valence-corrected chi connectivity index (χ4v) is 2.60. The molecule has 20 heavy (non-hydrogen) atoms. The van der Waals surface area contributed by atoms with Crippen molar-refractivity contribution in [2.24, 2.45) is 5.84 Å². The molecule has 0 aliphatic heterocycles. The molecular weight excluding hydrogens is 291 g/mol. The predicted molar refractivity (Wildman–Crippen MR) is 86.1 cm³/mol. The van der Waals surface area contributed by atoms with Crippen molar-refractivity contribution in [3.8, 4) is 0 Å². The molecule has 1 atom stereocenters. The van der Waals surface area contributed by atoms with Crippen molar-refractivity contribution < 1.29 is 0 Å². The number of aryl methyl sites for hydroxylation is 1. The summed E-state index contributed by atoms with van der Waals surface area (Å²) in [6.45, 7) is 2.17. The Morgan fingerprint density at radius 2 is 1.80 bits per heavy atom. The van der Waals surface area contributed by atoms with Gasteiger partial charge >= 0.3 is 0 Å². The van der Waals surface area contributed by atoms with Gasteiger partial charge in [-0.25, -0.2) is 5.43 Å². The zero-order valence-electron chi connectivity index (χ0n) is 11.4. The Morgan fingerprint density at radius 1 is 1.05 bits per heavy atom. The maximum absolute atomic E-state index is 6.08. The Balaban J connectivity index is 2.36. The zero-order valence-corrected chi connectivity index (χ0v) is 12.9. The second-order valence-electron chi connectivity index (χ2n) is 4.77. The molecule has 1 unspecified atom stereocenters. The first-order chi connectivity index (χ1) is 9.65. The monoisotopic (exact) mass is 308 g/mol. The molecule has 2 rings (SSSR count). The lowest BCUT2D eigenvalue weighted by Gasteiger charge is -2.18. The molecule has 2 aromatic rings. The lowest BCUT2D eigenvalue weighted by Crippen LogP contribution is -2.28. The van der Waals surface area contributed by atoms with Crippen LogP contribution in [0.1, 0.15) is 36.1 Å². The van der Waals surface area contributed by atoms with Crippen LogP contribution in [0.4, 0.5) is 0 Å². The Labute approximate surface area is 129 Å². The highest BCUT2D eigenvalue weighted by Gasteiger charge is 2.14. The van der Waals surface area contributed by atoms with Crippen LogP contribution >= 0.6 is 23.2 Å². The van der Waals surface area contributed by atoms with Crippen LogP contribution in [0.25, 0.3) is 0 Å². The first-order valence-corrected chi connectivity index (χ1v) is 7.41. The van der Waals surface area contributed by atoms with E-state index in [-0.39, 0.29) is 6.04 Å². The van der Waals surface area contributed by atoms with Crippen LogP contribution in [0, 0.1) is 0 Å². The Morgan fingerprint density at radius 3 is 2.45 bits per heavy atom. The average molecular weight is 309 g/mol. The summed E-state index contributed by atoms with van der Waals surface area (Å²) >= 11 is 12.0. The van der Waals surface area contributed by atoms with Gasteiger partial charge in [0.1, 0.15) is 0 Å². The molecule has 0 aliphatic rings. The first-order valence-electron chi connectivity index (χ1n) is 6.65. The molecule has 106 valence electrons. The SMILES string of the molecule is CCCc1cccc(C(NN)c2ccc(Cl)c(Cl)c2)c1. The summed E-state index contributed by atoms with van der Waals surface area (Å²) in [5.74, 6) is 5.72. The maximum Gasteiger partial charge on any atom is 0.0710 e. The van der Waals surface area contributed by atoms with E-state index in [1.807, 2.05) is 12.1 Å². The van der Waals surface area contributed by atoms with E-state index in [0.717, 1.165) is 24.0 Å². The number of nitrogens with one attached hydrogen (secondary N) is 1. The summed E-state index contributed by atoms with van der Waals surface area (Å²) in [5.41, 5.74) is 6.28. The van der Waals surface area contributed by atoms with E-state index in [1.54, 1.807) is 6.07 Å². The zero-order chi connectivity index (χ0) is 14.5.